The first-order valence-corrected chi connectivity index (χ1v) is 8.02. The molecule has 2 heterocycles. The lowest BCUT2D eigenvalue weighted by molar-refractivity contribution is -0.402. The van der Waals surface area contributed by atoms with Crippen LogP contribution in [0.15, 0.2) is 21.7 Å². The highest BCUT2D eigenvalue weighted by Crippen LogP contribution is 2.16. The summed E-state index contributed by atoms with van der Waals surface area (Å²) in [7, 11) is 0. The van der Waals surface area contributed by atoms with E-state index >= 15 is 0 Å². The first-order valence-electron chi connectivity index (χ1n) is 8.02. The molecule has 1 aliphatic rings. The first kappa shape index (κ1) is 20.9. The number of carbonyl (C=O) groups is 1. The maximum absolute atomic E-state index is 11.8. The third kappa shape index (κ3) is 6.02. The Morgan fingerprint density at radius 1 is 1.40 bits per heavy atom. The first-order chi connectivity index (χ1) is 11.5. The molecule has 0 aliphatic carbocycles. The van der Waals surface area contributed by atoms with Gasteiger partial charge in [-0.25, -0.2) is 4.79 Å². The molecule has 1 saturated heterocycles. The number of amides is 1. The topological polar surface area (TPSA) is 101 Å². The molecule has 2 rings (SSSR count). The molecule has 9 nitrogen and oxygen atoms in total. The highest BCUT2D eigenvalue weighted by Gasteiger charge is 2.32. The number of halogens is 1. The van der Waals surface area contributed by atoms with Crippen molar-refractivity contribution in [1.29, 1.82) is 0 Å². The van der Waals surface area contributed by atoms with Gasteiger partial charge in [0.05, 0.1) is 18.8 Å². The zero-order valence-corrected chi connectivity index (χ0v) is 15.1. The summed E-state index contributed by atoms with van der Waals surface area (Å²) < 4.78 is 10.3. The van der Waals surface area contributed by atoms with Crippen LogP contribution in [-0.2, 0) is 4.74 Å². The molecule has 1 aromatic rings. The molecular formula is C15H23ClN4O5. The van der Waals surface area contributed by atoms with Crippen molar-refractivity contribution in [3.8, 4) is 0 Å². The summed E-state index contributed by atoms with van der Waals surface area (Å²) in [6, 6.07) is 2.66. The summed E-state index contributed by atoms with van der Waals surface area (Å²) in [5.41, 5.74) is 0. The van der Waals surface area contributed by atoms with Crippen molar-refractivity contribution in [3.05, 3.63) is 28.0 Å². The van der Waals surface area contributed by atoms with Gasteiger partial charge in [0.15, 0.2) is 5.76 Å². The van der Waals surface area contributed by atoms with Crippen molar-refractivity contribution in [2.75, 3.05) is 26.2 Å². The molecule has 1 fully saturated rings. The zero-order valence-electron chi connectivity index (χ0n) is 14.3. The Morgan fingerprint density at radius 3 is 2.64 bits per heavy atom. The molecule has 1 aromatic heterocycles. The van der Waals surface area contributed by atoms with Crippen molar-refractivity contribution in [2.45, 2.75) is 32.8 Å². The predicted octanol–water partition coefficient (Wildman–Crippen LogP) is 2.89. The van der Waals surface area contributed by atoms with Crippen LogP contribution in [-0.4, -0.2) is 59.4 Å². The summed E-state index contributed by atoms with van der Waals surface area (Å²) in [4.78, 5) is 24.0. The van der Waals surface area contributed by atoms with Gasteiger partial charge in [-0.05, 0) is 32.0 Å². The summed E-state index contributed by atoms with van der Waals surface area (Å²) in [5.74, 6) is -0.162. The molecule has 25 heavy (non-hydrogen) atoms. The number of furan rings is 1. The van der Waals surface area contributed by atoms with Gasteiger partial charge < -0.3 is 9.15 Å². The molecule has 0 N–H and O–H groups in total. The predicted molar refractivity (Wildman–Crippen MR) is 94.2 cm³/mol. The van der Waals surface area contributed by atoms with Gasteiger partial charge in [0.1, 0.15) is 11.0 Å². The quantitative estimate of drug-likeness (QED) is 0.374. The lowest BCUT2D eigenvalue weighted by Gasteiger charge is -2.23. The zero-order chi connectivity index (χ0) is 17.5. The summed E-state index contributed by atoms with van der Waals surface area (Å²) in [5, 5.41) is 15.8. The molecule has 0 aromatic carbocycles. The molecule has 0 radical (unpaired) electrons. The van der Waals surface area contributed by atoms with Crippen molar-refractivity contribution < 1.29 is 18.9 Å². The van der Waals surface area contributed by atoms with Crippen LogP contribution in [0.3, 0.4) is 0 Å². The van der Waals surface area contributed by atoms with Gasteiger partial charge in [-0.2, -0.15) is 10.1 Å². The van der Waals surface area contributed by atoms with E-state index in [1.54, 1.807) is 0 Å². The second-order valence-electron chi connectivity index (χ2n) is 5.57. The Balaban J connectivity index is 0.00000312. The maximum Gasteiger partial charge on any atom is 0.433 e. The standard InChI is InChI=1S/C15H22N4O5.ClH/c1-3-7-17(8-4-2)10-13-11-18(15(20)24-13)16-9-12-5-6-14(23-12)19(21)22;/h5-6,9,13H,3-4,7-8,10-11H2,1-2H3;1H/b16-9+;. The number of nitro groups is 1. The summed E-state index contributed by atoms with van der Waals surface area (Å²) in [6.45, 7) is 7.17. The SMILES string of the molecule is CCCN(CCC)CC1CN(/N=C/c2ccc([N+](=O)[O-])o2)C(=O)O1.Cl. The Labute approximate surface area is 152 Å². The number of hydrogen-bond acceptors (Lipinski definition) is 7. The molecule has 0 saturated carbocycles. The second kappa shape index (κ2) is 10.00. The Morgan fingerprint density at radius 2 is 2.08 bits per heavy atom. The molecule has 0 bridgehead atoms. The molecule has 0 spiro atoms. The van der Waals surface area contributed by atoms with Crippen LogP contribution in [0.4, 0.5) is 10.7 Å². The number of hydrazone groups is 1. The fourth-order valence-electron chi connectivity index (χ4n) is 2.55. The van der Waals surface area contributed by atoms with Crippen molar-refractivity contribution >= 4 is 30.6 Å². The molecule has 10 heteroatoms. The average Bonchev–Trinajstić information content (AvgIpc) is 3.13. The van der Waals surface area contributed by atoms with Crippen molar-refractivity contribution in [1.82, 2.24) is 9.91 Å². The molecule has 1 unspecified atom stereocenters. The molecular weight excluding hydrogens is 352 g/mol. The number of nitrogens with zero attached hydrogens (tertiary/aromatic N) is 4. The van der Waals surface area contributed by atoms with Crippen LogP contribution in [0.2, 0.25) is 0 Å². The van der Waals surface area contributed by atoms with Gasteiger partial charge in [-0.15, -0.1) is 12.4 Å². The van der Waals surface area contributed by atoms with E-state index in [4.69, 9.17) is 9.15 Å². The maximum atomic E-state index is 11.8. The number of cyclic esters (lactones) is 1. The van der Waals surface area contributed by atoms with Crippen LogP contribution in [0.25, 0.3) is 0 Å². The normalized spacial score (nSPS) is 17.2. The van der Waals surface area contributed by atoms with Crippen LogP contribution in [0.1, 0.15) is 32.4 Å². The van der Waals surface area contributed by atoms with Crippen molar-refractivity contribution in [2.24, 2.45) is 5.10 Å². The number of hydrogen-bond donors (Lipinski definition) is 0. The molecule has 1 amide bonds. The second-order valence-corrected chi connectivity index (χ2v) is 5.57. The van der Waals surface area contributed by atoms with Crippen LogP contribution >= 0.6 is 12.4 Å². The Bertz CT molecular complexity index is 600. The lowest BCUT2D eigenvalue weighted by Crippen LogP contribution is -2.35. The van der Waals surface area contributed by atoms with E-state index in [1.165, 1.54) is 23.4 Å². The number of carbonyl (C=O) groups excluding carboxylic acids is 1. The molecule has 1 aliphatic heterocycles. The molecule has 140 valence electrons. The minimum atomic E-state index is -0.631. The van der Waals surface area contributed by atoms with Gasteiger partial charge in [0.25, 0.3) is 0 Å². The Hall–Kier alpha value is -2.13. The van der Waals surface area contributed by atoms with Gasteiger partial charge in [0, 0.05) is 6.54 Å². The fourth-order valence-corrected chi connectivity index (χ4v) is 2.55. The van der Waals surface area contributed by atoms with E-state index in [1.807, 2.05) is 0 Å². The monoisotopic (exact) mass is 374 g/mol. The van der Waals surface area contributed by atoms with E-state index in [0.29, 0.717) is 13.1 Å². The van der Waals surface area contributed by atoms with Crippen LogP contribution in [0.5, 0.6) is 0 Å². The van der Waals surface area contributed by atoms with E-state index in [9.17, 15) is 14.9 Å². The fraction of sp³-hybridized carbons (Fsp3) is 0.600. The third-order valence-electron chi connectivity index (χ3n) is 3.51. The Kier molecular flexibility index (Phi) is 8.36. The average molecular weight is 375 g/mol. The van der Waals surface area contributed by atoms with E-state index in [2.05, 4.69) is 23.8 Å². The van der Waals surface area contributed by atoms with Gasteiger partial charge >= 0.3 is 12.0 Å². The number of ether oxygens (including phenoxy) is 1. The summed E-state index contributed by atoms with van der Waals surface area (Å²) >= 11 is 0. The van der Waals surface area contributed by atoms with E-state index in [0.717, 1.165) is 25.9 Å². The minimum absolute atomic E-state index is 0. The van der Waals surface area contributed by atoms with Gasteiger partial charge in [0.2, 0.25) is 0 Å². The highest BCUT2D eigenvalue weighted by atomic mass is 35.5. The smallest absolute Gasteiger partial charge is 0.433 e. The van der Waals surface area contributed by atoms with Gasteiger partial charge in [-0.3, -0.25) is 15.0 Å². The van der Waals surface area contributed by atoms with E-state index in [-0.39, 0.29) is 30.2 Å². The van der Waals surface area contributed by atoms with Crippen molar-refractivity contribution in [3.63, 3.8) is 0 Å². The number of rotatable bonds is 9. The van der Waals surface area contributed by atoms with E-state index < -0.39 is 11.0 Å². The largest absolute Gasteiger partial charge is 0.441 e. The minimum Gasteiger partial charge on any atom is -0.441 e. The lowest BCUT2D eigenvalue weighted by atomic mass is 10.3. The summed E-state index contributed by atoms with van der Waals surface area (Å²) in [6.07, 6.45) is 2.59. The highest BCUT2D eigenvalue weighted by molar-refractivity contribution is 5.85. The van der Waals surface area contributed by atoms with Crippen LogP contribution in [0, 0.1) is 10.1 Å². The van der Waals surface area contributed by atoms with Gasteiger partial charge in [-0.1, -0.05) is 13.8 Å². The molecule has 1 atom stereocenters. The third-order valence-corrected chi connectivity index (χ3v) is 3.51. The van der Waals surface area contributed by atoms with Crippen LogP contribution < -0.4 is 0 Å².